The fourth-order valence-corrected chi connectivity index (χ4v) is 3.29. The Labute approximate surface area is 121 Å². The molecule has 0 bridgehead atoms. The molecule has 0 radical (unpaired) electrons. The molecule has 1 fully saturated rings. The molecule has 2 aliphatic heterocycles. The Morgan fingerprint density at radius 2 is 2.20 bits per heavy atom. The van der Waals surface area contributed by atoms with E-state index in [1.807, 2.05) is 0 Å². The van der Waals surface area contributed by atoms with Crippen LogP contribution in [0.1, 0.15) is 57.2 Å². The monoisotopic (exact) mass is 277 g/mol. The van der Waals surface area contributed by atoms with Crippen molar-refractivity contribution >= 4 is 0 Å². The topological polar surface area (TPSA) is 39.1 Å². The number of ether oxygens (including phenoxy) is 1. The van der Waals surface area contributed by atoms with E-state index < -0.39 is 0 Å². The smallest absolute Gasteiger partial charge is 0.114 e. The van der Waals surface area contributed by atoms with Gasteiger partial charge in [-0.05, 0) is 19.3 Å². The Balaban J connectivity index is 1.91. The second kappa shape index (κ2) is 5.49. The van der Waals surface area contributed by atoms with E-state index in [4.69, 9.17) is 9.72 Å². The maximum Gasteiger partial charge on any atom is 0.114 e. The van der Waals surface area contributed by atoms with Crippen LogP contribution in [0.2, 0.25) is 0 Å². The molecule has 3 heterocycles. The van der Waals surface area contributed by atoms with E-state index in [0.29, 0.717) is 6.10 Å². The molecule has 3 rings (SSSR count). The molecule has 1 atom stereocenters. The van der Waals surface area contributed by atoms with Gasteiger partial charge in [0, 0.05) is 37.2 Å². The van der Waals surface area contributed by atoms with Crippen molar-refractivity contribution in [1.82, 2.24) is 14.9 Å². The Morgan fingerprint density at radius 1 is 1.35 bits per heavy atom. The molecule has 1 N–H and O–H groups in total. The van der Waals surface area contributed by atoms with Crippen LogP contribution in [0.15, 0.2) is 0 Å². The fourth-order valence-electron chi connectivity index (χ4n) is 3.29. The van der Waals surface area contributed by atoms with Crippen molar-refractivity contribution in [2.24, 2.45) is 0 Å². The third-order valence-corrected chi connectivity index (χ3v) is 4.32. The van der Waals surface area contributed by atoms with Gasteiger partial charge >= 0.3 is 0 Å². The second-order valence-corrected chi connectivity index (χ2v) is 7.10. The molecule has 0 saturated carbocycles. The Bertz CT molecular complexity index is 467. The summed E-state index contributed by atoms with van der Waals surface area (Å²) in [6, 6.07) is 0. The zero-order chi connectivity index (χ0) is 14.2. The number of hydrogen-bond acceptors (Lipinski definition) is 3. The van der Waals surface area contributed by atoms with Crippen molar-refractivity contribution in [3.8, 4) is 0 Å². The Hall–Kier alpha value is -0.870. The first-order valence-corrected chi connectivity index (χ1v) is 7.97. The van der Waals surface area contributed by atoms with Crippen molar-refractivity contribution in [2.45, 2.75) is 71.1 Å². The van der Waals surface area contributed by atoms with Crippen molar-refractivity contribution < 1.29 is 4.74 Å². The summed E-state index contributed by atoms with van der Waals surface area (Å²) < 4.78 is 8.41. The number of nitrogens with zero attached hydrogens (tertiary/aromatic N) is 2. The van der Waals surface area contributed by atoms with Crippen LogP contribution in [0.5, 0.6) is 0 Å². The Kier molecular flexibility index (Phi) is 3.87. The largest absolute Gasteiger partial charge is 0.376 e. The number of rotatable bonds is 2. The zero-order valence-corrected chi connectivity index (χ0v) is 13.0. The van der Waals surface area contributed by atoms with Crippen LogP contribution in [0.25, 0.3) is 0 Å². The van der Waals surface area contributed by atoms with E-state index in [2.05, 4.69) is 30.7 Å². The quantitative estimate of drug-likeness (QED) is 0.902. The SMILES string of the molecule is CC(C)(C)c1nc2c(n1CC1CCCCO1)CCNC2. The molecule has 0 aliphatic carbocycles. The van der Waals surface area contributed by atoms with Crippen LogP contribution in [0.3, 0.4) is 0 Å². The molecule has 1 saturated heterocycles. The molecule has 0 amide bonds. The highest BCUT2D eigenvalue weighted by Gasteiger charge is 2.28. The van der Waals surface area contributed by atoms with E-state index in [9.17, 15) is 0 Å². The van der Waals surface area contributed by atoms with Gasteiger partial charge in [0.2, 0.25) is 0 Å². The summed E-state index contributed by atoms with van der Waals surface area (Å²) in [5.74, 6) is 1.22. The summed E-state index contributed by atoms with van der Waals surface area (Å²) in [6.07, 6.45) is 5.17. The lowest BCUT2D eigenvalue weighted by Gasteiger charge is -2.28. The van der Waals surface area contributed by atoms with Crippen molar-refractivity contribution in [1.29, 1.82) is 0 Å². The summed E-state index contributed by atoms with van der Waals surface area (Å²) in [5.41, 5.74) is 2.77. The van der Waals surface area contributed by atoms with E-state index in [0.717, 1.165) is 32.7 Å². The lowest BCUT2D eigenvalue weighted by Crippen LogP contribution is -2.30. The minimum Gasteiger partial charge on any atom is -0.376 e. The predicted molar refractivity (Wildman–Crippen MR) is 79.9 cm³/mol. The summed E-state index contributed by atoms with van der Waals surface area (Å²) in [7, 11) is 0. The lowest BCUT2D eigenvalue weighted by atomic mass is 9.95. The number of hydrogen-bond donors (Lipinski definition) is 1. The van der Waals surface area contributed by atoms with Crippen molar-refractivity contribution in [3.63, 3.8) is 0 Å². The summed E-state index contributed by atoms with van der Waals surface area (Å²) in [4.78, 5) is 4.93. The maximum atomic E-state index is 5.95. The van der Waals surface area contributed by atoms with Crippen molar-refractivity contribution in [2.75, 3.05) is 13.2 Å². The first-order valence-electron chi connectivity index (χ1n) is 7.97. The van der Waals surface area contributed by atoms with Gasteiger partial charge in [-0.2, -0.15) is 0 Å². The first kappa shape index (κ1) is 14.1. The van der Waals surface area contributed by atoms with Crippen LogP contribution in [0, 0.1) is 0 Å². The van der Waals surface area contributed by atoms with E-state index >= 15 is 0 Å². The molecule has 4 heteroatoms. The molecule has 1 aromatic heterocycles. The first-order chi connectivity index (χ1) is 9.55. The minimum absolute atomic E-state index is 0.0893. The number of fused-ring (bicyclic) bond motifs is 1. The van der Waals surface area contributed by atoms with E-state index in [1.54, 1.807) is 0 Å². The van der Waals surface area contributed by atoms with Crippen LogP contribution in [-0.4, -0.2) is 28.8 Å². The van der Waals surface area contributed by atoms with Crippen molar-refractivity contribution in [3.05, 3.63) is 17.2 Å². The van der Waals surface area contributed by atoms with Crippen LogP contribution < -0.4 is 5.32 Å². The summed E-state index contributed by atoms with van der Waals surface area (Å²) in [6.45, 7) is 10.7. The molecule has 2 aliphatic rings. The standard InChI is InChI=1S/C16H27N3O/c1-16(2,3)15-18-13-10-17-8-7-14(13)19(15)11-12-6-4-5-9-20-12/h12,17H,4-11H2,1-3H3. The molecular formula is C16H27N3O. The highest BCUT2D eigenvalue weighted by molar-refractivity contribution is 5.23. The Morgan fingerprint density at radius 3 is 2.90 bits per heavy atom. The van der Waals surface area contributed by atoms with Gasteiger partial charge in [0.1, 0.15) is 5.82 Å². The number of nitrogens with one attached hydrogen (secondary N) is 1. The predicted octanol–water partition coefficient (Wildman–Crippen LogP) is 2.40. The third kappa shape index (κ3) is 2.77. The van der Waals surface area contributed by atoms with E-state index in [-0.39, 0.29) is 5.41 Å². The average molecular weight is 277 g/mol. The molecule has 1 unspecified atom stereocenters. The minimum atomic E-state index is 0.0893. The molecule has 1 aromatic rings. The third-order valence-electron chi connectivity index (χ3n) is 4.32. The maximum absolute atomic E-state index is 5.95. The molecular weight excluding hydrogens is 250 g/mol. The molecule has 112 valence electrons. The van der Waals surface area contributed by atoms with Gasteiger partial charge in [-0.3, -0.25) is 0 Å². The highest BCUT2D eigenvalue weighted by Crippen LogP contribution is 2.28. The average Bonchev–Trinajstić information content (AvgIpc) is 2.79. The van der Waals surface area contributed by atoms with Gasteiger partial charge in [-0.1, -0.05) is 20.8 Å². The van der Waals surface area contributed by atoms with Gasteiger partial charge in [0.05, 0.1) is 18.3 Å². The van der Waals surface area contributed by atoms with Crippen LogP contribution in [-0.2, 0) is 29.7 Å². The normalized spacial score (nSPS) is 23.6. The molecule has 0 aromatic carbocycles. The van der Waals surface area contributed by atoms with Crippen LogP contribution in [0.4, 0.5) is 0 Å². The van der Waals surface area contributed by atoms with Gasteiger partial charge in [0.25, 0.3) is 0 Å². The van der Waals surface area contributed by atoms with Gasteiger partial charge in [-0.15, -0.1) is 0 Å². The fraction of sp³-hybridized carbons (Fsp3) is 0.812. The van der Waals surface area contributed by atoms with Crippen LogP contribution >= 0.6 is 0 Å². The highest BCUT2D eigenvalue weighted by atomic mass is 16.5. The van der Waals surface area contributed by atoms with Gasteiger partial charge in [-0.25, -0.2) is 4.98 Å². The van der Waals surface area contributed by atoms with Gasteiger partial charge < -0.3 is 14.6 Å². The summed E-state index contributed by atoms with van der Waals surface area (Å²) in [5, 5.41) is 3.43. The molecule has 0 spiro atoms. The number of imidazole rings is 1. The zero-order valence-electron chi connectivity index (χ0n) is 13.0. The number of aromatic nitrogens is 2. The second-order valence-electron chi connectivity index (χ2n) is 7.10. The molecule has 4 nitrogen and oxygen atoms in total. The van der Waals surface area contributed by atoms with Gasteiger partial charge in [0.15, 0.2) is 0 Å². The van der Waals surface area contributed by atoms with E-state index in [1.165, 1.54) is 36.5 Å². The molecule has 20 heavy (non-hydrogen) atoms. The summed E-state index contributed by atoms with van der Waals surface area (Å²) >= 11 is 0. The lowest BCUT2D eigenvalue weighted by molar-refractivity contribution is 0.00470.